The van der Waals surface area contributed by atoms with Gasteiger partial charge in [-0.3, -0.25) is 4.79 Å². The third kappa shape index (κ3) is 3.47. The van der Waals surface area contributed by atoms with Crippen LogP contribution in [-0.2, 0) is 4.79 Å². The van der Waals surface area contributed by atoms with Gasteiger partial charge in [0.25, 0.3) is 0 Å². The summed E-state index contributed by atoms with van der Waals surface area (Å²) in [5.74, 6) is -0.712. The van der Waals surface area contributed by atoms with Gasteiger partial charge in [-0.25, -0.2) is 4.79 Å². The second kappa shape index (κ2) is 8.18. The number of nitrogens with zero attached hydrogens (tertiary/aromatic N) is 1. The van der Waals surface area contributed by atoms with E-state index in [9.17, 15) is 19.8 Å². The van der Waals surface area contributed by atoms with Crippen molar-refractivity contribution in [1.82, 2.24) is 4.57 Å². The summed E-state index contributed by atoms with van der Waals surface area (Å²) < 4.78 is 17.8. The van der Waals surface area contributed by atoms with Crippen LogP contribution in [0.15, 0.2) is 42.6 Å². The monoisotopic (exact) mass is 438 g/mol. The smallest absolute Gasteiger partial charge is 0.339 e. The Morgan fingerprint density at radius 3 is 2.47 bits per heavy atom. The van der Waals surface area contributed by atoms with Crippen LogP contribution in [0.4, 0.5) is 5.69 Å². The molecule has 32 heavy (non-hydrogen) atoms. The van der Waals surface area contributed by atoms with Gasteiger partial charge in [0.1, 0.15) is 17.1 Å². The summed E-state index contributed by atoms with van der Waals surface area (Å²) in [6.07, 6.45) is 1.54. The molecule has 1 aliphatic rings. The molecule has 0 unspecified atom stereocenters. The summed E-state index contributed by atoms with van der Waals surface area (Å²) in [6, 6.07) is 10.0. The Kier molecular flexibility index (Phi) is 5.40. The number of carboxylic acids is 1. The van der Waals surface area contributed by atoms with E-state index < -0.39 is 11.9 Å². The minimum Gasteiger partial charge on any atom is -0.504 e. The third-order valence-corrected chi connectivity index (χ3v) is 5.51. The zero-order valence-electron chi connectivity index (χ0n) is 17.7. The van der Waals surface area contributed by atoms with Crippen molar-refractivity contribution in [2.75, 3.05) is 26.6 Å². The van der Waals surface area contributed by atoms with Crippen LogP contribution in [-0.4, -0.2) is 48.0 Å². The molecular formula is C23H22N2O7. The molecule has 9 heteroatoms. The predicted molar refractivity (Wildman–Crippen MR) is 116 cm³/mol. The first-order chi connectivity index (χ1) is 15.4. The van der Waals surface area contributed by atoms with Gasteiger partial charge in [-0.2, -0.15) is 0 Å². The summed E-state index contributed by atoms with van der Waals surface area (Å²) in [7, 11) is 4.48. The number of aromatic carboxylic acids is 1. The molecule has 0 radical (unpaired) electrons. The van der Waals surface area contributed by atoms with Crippen molar-refractivity contribution in [2.45, 2.75) is 12.3 Å². The first kappa shape index (κ1) is 21.1. The van der Waals surface area contributed by atoms with Crippen molar-refractivity contribution < 1.29 is 34.0 Å². The number of ether oxygens (including phenoxy) is 3. The van der Waals surface area contributed by atoms with Crippen LogP contribution >= 0.6 is 0 Å². The van der Waals surface area contributed by atoms with Gasteiger partial charge in [-0.15, -0.1) is 0 Å². The molecular weight excluding hydrogens is 416 g/mol. The molecule has 1 aromatic heterocycles. The van der Waals surface area contributed by atoms with Crippen LogP contribution in [0, 0.1) is 0 Å². The maximum atomic E-state index is 12.5. The Labute approximate surface area is 183 Å². The number of anilines is 1. The number of aromatic nitrogens is 1. The molecule has 0 saturated heterocycles. The molecule has 0 saturated carbocycles. The number of aromatic hydroxyl groups is 1. The number of amides is 1. The minimum absolute atomic E-state index is 0.0344. The topological polar surface area (TPSA) is 119 Å². The SMILES string of the molecule is COc1ccc(OC)c(-n2cc(C(=O)O)c3c2[C@@H](c2ccc(O)c(OC)c2)CC(=O)N3)c1. The van der Waals surface area contributed by atoms with Crippen LogP contribution < -0.4 is 19.5 Å². The van der Waals surface area contributed by atoms with Crippen LogP contribution in [0.2, 0.25) is 0 Å². The number of phenolic OH excluding ortho intramolecular Hbond substituents is 1. The number of carbonyl (C=O) groups excluding carboxylic acids is 1. The maximum absolute atomic E-state index is 12.5. The lowest BCUT2D eigenvalue weighted by atomic mass is 9.88. The van der Waals surface area contributed by atoms with Crippen molar-refractivity contribution in [2.24, 2.45) is 0 Å². The number of rotatable bonds is 6. The number of methoxy groups -OCH3 is 3. The summed E-state index contributed by atoms with van der Waals surface area (Å²) in [5, 5.41) is 22.5. The molecule has 3 N–H and O–H groups in total. The predicted octanol–water partition coefficient (Wildman–Crippen LogP) is 3.38. The van der Waals surface area contributed by atoms with Gasteiger partial charge < -0.3 is 34.3 Å². The Morgan fingerprint density at radius 2 is 1.81 bits per heavy atom. The Hall–Kier alpha value is -4.14. The van der Waals surface area contributed by atoms with Gasteiger partial charge in [0.2, 0.25) is 5.91 Å². The van der Waals surface area contributed by atoms with Crippen molar-refractivity contribution in [3.63, 3.8) is 0 Å². The molecule has 2 heterocycles. The highest BCUT2D eigenvalue weighted by Crippen LogP contribution is 2.44. The van der Waals surface area contributed by atoms with Crippen LogP contribution in [0.3, 0.4) is 0 Å². The van der Waals surface area contributed by atoms with E-state index in [1.165, 1.54) is 33.6 Å². The van der Waals surface area contributed by atoms with Crippen LogP contribution in [0.25, 0.3) is 5.69 Å². The van der Waals surface area contributed by atoms with E-state index in [0.29, 0.717) is 28.4 Å². The fraction of sp³-hybridized carbons (Fsp3) is 0.217. The molecule has 166 valence electrons. The first-order valence-electron chi connectivity index (χ1n) is 9.75. The molecule has 4 rings (SSSR count). The quantitative estimate of drug-likeness (QED) is 0.540. The lowest BCUT2D eigenvalue weighted by molar-refractivity contribution is -0.116. The van der Waals surface area contributed by atoms with Gasteiger partial charge >= 0.3 is 5.97 Å². The Bertz CT molecular complexity index is 1220. The number of fused-ring (bicyclic) bond motifs is 1. The molecule has 0 bridgehead atoms. The summed E-state index contributed by atoms with van der Waals surface area (Å²) >= 11 is 0. The fourth-order valence-corrected chi connectivity index (χ4v) is 4.00. The number of phenols is 1. The van der Waals surface area contributed by atoms with E-state index in [-0.39, 0.29) is 35.1 Å². The van der Waals surface area contributed by atoms with Gasteiger partial charge in [-0.1, -0.05) is 6.07 Å². The van der Waals surface area contributed by atoms with Crippen molar-refractivity contribution in [1.29, 1.82) is 0 Å². The van der Waals surface area contributed by atoms with Crippen LogP contribution in [0.1, 0.15) is 34.0 Å². The van der Waals surface area contributed by atoms with Gasteiger partial charge in [-0.05, 0) is 29.8 Å². The van der Waals surface area contributed by atoms with E-state index >= 15 is 0 Å². The van der Waals surface area contributed by atoms with Crippen molar-refractivity contribution in [3.05, 3.63) is 59.4 Å². The normalized spacial score (nSPS) is 15.0. The van der Waals surface area contributed by atoms with E-state index in [4.69, 9.17) is 14.2 Å². The number of nitrogens with one attached hydrogen (secondary N) is 1. The summed E-state index contributed by atoms with van der Waals surface area (Å²) in [6.45, 7) is 0. The van der Waals surface area contributed by atoms with Gasteiger partial charge in [0.15, 0.2) is 11.5 Å². The molecule has 0 aliphatic carbocycles. The Balaban J connectivity index is 2.01. The largest absolute Gasteiger partial charge is 0.504 e. The zero-order valence-corrected chi connectivity index (χ0v) is 17.7. The maximum Gasteiger partial charge on any atom is 0.339 e. The van der Waals surface area contributed by atoms with E-state index in [0.717, 1.165) is 0 Å². The molecule has 3 aromatic rings. The number of hydrogen-bond donors (Lipinski definition) is 3. The highest BCUT2D eigenvalue weighted by Gasteiger charge is 2.35. The highest BCUT2D eigenvalue weighted by atomic mass is 16.5. The van der Waals surface area contributed by atoms with Crippen molar-refractivity contribution >= 4 is 17.6 Å². The standard InChI is InChI=1S/C23H22N2O7/c1-30-13-5-7-18(31-2)16(9-13)25-11-15(23(28)29)21-22(25)14(10-20(27)24-21)12-4-6-17(26)19(8-12)32-3/h4-9,11,14,26H,10H2,1-3H3,(H,24,27)(H,28,29)/t14-/m1/s1. The minimum atomic E-state index is -1.17. The molecule has 2 aromatic carbocycles. The van der Waals surface area contributed by atoms with Crippen molar-refractivity contribution in [3.8, 4) is 28.7 Å². The van der Waals surface area contributed by atoms with E-state index in [2.05, 4.69) is 5.32 Å². The van der Waals surface area contributed by atoms with E-state index in [1.807, 2.05) is 0 Å². The molecule has 1 amide bonds. The number of carbonyl (C=O) groups is 2. The van der Waals surface area contributed by atoms with Gasteiger partial charge in [0.05, 0.1) is 38.4 Å². The fourth-order valence-electron chi connectivity index (χ4n) is 4.00. The lowest BCUT2D eigenvalue weighted by Gasteiger charge is -2.27. The summed E-state index contributed by atoms with van der Waals surface area (Å²) in [4.78, 5) is 24.6. The number of carboxylic acid groups (broad SMARTS) is 1. The number of benzene rings is 2. The second-order valence-electron chi connectivity index (χ2n) is 7.25. The summed E-state index contributed by atoms with van der Waals surface area (Å²) in [5.41, 5.74) is 1.99. The molecule has 9 nitrogen and oxygen atoms in total. The lowest BCUT2D eigenvalue weighted by Crippen LogP contribution is -2.25. The average Bonchev–Trinajstić information content (AvgIpc) is 3.17. The van der Waals surface area contributed by atoms with E-state index in [1.54, 1.807) is 34.9 Å². The van der Waals surface area contributed by atoms with Gasteiger partial charge in [0, 0.05) is 24.6 Å². The first-order valence-corrected chi connectivity index (χ1v) is 9.75. The number of hydrogen-bond acceptors (Lipinski definition) is 6. The highest BCUT2D eigenvalue weighted by molar-refractivity contribution is 6.04. The Morgan fingerprint density at radius 1 is 1.06 bits per heavy atom. The average molecular weight is 438 g/mol. The molecule has 0 fully saturated rings. The molecule has 1 atom stereocenters. The zero-order chi connectivity index (χ0) is 23.0. The molecule has 0 spiro atoms. The second-order valence-corrected chi connectivity index (χ2v) is 7.25. The van der Waals surface area contributed by atoms with Crippen LogP contribution in [0.5, 0.6) is 23.0 Å². The third-order valence-electron chi connectivity index (χ3n) is 5.51. The molecule has 1 aliphatic heterocycles.